The van der Waals surface area contributed by atoms with Crippen LogP contribution < -0.4 is 5.73 Å². The lowest BCUT2D eigenvalue weighted by Gasteiger charge is -2.38. The Morgan fingerprint density at radius 3 is 2.71 bits per heavy atom. The highest BCUT2D eigenvalue weighted by Crippen LogP contribution is 2.23. The van der Waals surface area contributed by atoms with Crippen molar-refractivity contribution in [2.45, 2.75) is 58.3 Å². The van der Waals surface area contributed by atoms with E-state index in [1.165, 1.54) is 25.0 Å². The first-order valence-corrected chi connectivity index (χ1v) is 6.67. The third kappa shape index (κ3) is 3.07. The zero-order valence-electron chi connectivity index (χ0n) is 11.0. The van der Waals surface area contributed by atoms with Crippen LogP contribution in [-0.4, -0.2) is 33.1 Å². The van der Waals surface area contributed by atoms with E-state index in [2.05, 4.69) is 34.5 Å². The second-order valence-corrected chi connectivity index (χ2v) is 5.19. The van der Waals surface area contributed by atoms with Gasteiger partial charge in [0, 0.05) is 37.9 Å². The molecule has 2 N–H and O–H groups in total. The van der Waals surface area contributed by atoms with Gasteiger partial charge in [-0.25, -0.2) is 4.98 Å². The number of nitrogens with zero attached hydrogens (tertiary/aromatic N) is 3. The molecule has 0 amide bonds. The molecule has 0 unspecified atom stereocenters. The molecular formula is C13H24N4. The molecule has 0 radical (unpaired) electrons. The molecule has 0 bridgehead atoms. The van der Waals surface area contributed by atoms with Crippen LogP contribution in [-0.2, 0) is 13.1 Å². The number of aromatic nitrogens is 2. The summed E-state index contributed by atoms with van der Waals surface area (Å²) in [5.41, 5.74) is 6.70. The maximum absolute atomic E-state index is 5.54. The third-order valence-corrected chi connectivity index (χ3v) is 3.79. The highest BCUT2D eigenvalue weighted by Gasteiger charge is 2.24. The van der Waals surface area contributed by atoms with Crippen molar-refractivity contribution < 1.29 is 0 Å². The maximum atomic E-state index is 5.54. The summed E-state index contributed by atoms with van der Waals surface area (Å²) in [7, 11) is 0. The molecule has 1 saturated heterocycles. The summed E-state index contributed by atoms with van der Waals surface area (Å²) in [5, 5.41) is 0. The number of piperidine rings is 1. The first-order valence-electron chi connectivity index (χ1n) is 6.67. The van der Waals surface area contributed by atoms with E-state index in [1.54, 1.807) is 0 Å². The minimum Gasteiger partial charge on any atom is -0.336 e. The lowest BCUT2D eigenvalue weighted by atomic mass is 9.97. The summed E-state index contributed by atoms with van der Waals surface area (Å²) < 4.78 is 2.08. The smallest absolute Gasteiger partial charge is 0.0950 e. The molecule has 2 heterocycles. The molecule has 2 rings (SSSR count). The number of nitrogens with two attached hydrogens (primary N) is 1. The molecule has 1 aromatic rings. The van der Waals surface area contributed by atoms with E-state index in [-0.39, 0.29) is 0 Å². The van der Waals surface area contributed by atoms with E-state index in [9.17, 15) is 0 Å². The Morgan fingerprint density at radius 2 is 2.06 bits per heavy atom. The summed E-state index contributed by atoms with van der Waals surface area (Å²) in [6.07, 6.45) is 8.00. The van der Waals surface area contributed by atoms with Crippen molar-refractivity contribution >= 4 is 0 Å². The molecule has 0 aromatic carbocycles. The molecule has 1 aliphatic rings. The van der Waals surface area contributed by atoms with Crippen LogP contribution in [0.3, 0.4) is 0 Å². The van der Waals surface area contributed by atoms with Crippen molar-refractivity contribution in [3.05, 3.63) is 18.2 Å². The number of rotatable bonds is 4. The summed E-state index contributed by atoms with van der Waals surface area (Å²) >= 11 is 0. The van der Waals surface area contributed by atoms with Crippen molar-refractivity contribution in [1.29, 1.82) is 0 Å². The van der Waals surface area contributed by atoms with Gasteiger partial charge in [-0.15, -0.1) is 0 Å². The Hall–Kier alpha value is -0.870. The Balaban J connectivity index is 1.98. The summed E-state index contributed by atoms with van der Waals surface area (Å²) in [5.74, 6) is 0. The minimum atomic E-state index is 0.673. The summed E-state index contributed by atoms with van der Waals surface area (Å²) in [4.78, 5) is 7.03. The van der Waals surface area contributed by atoms with E-state index >= 15 is 0 Å². The molecular weight excluding hydrogens is 212 g/mol. The zero-order valence-corrected chi connectivity index (χ0v) is 11.0. The molecule has 0 saturated carbocycles. The van der Waals surface area contributed by atoms with E-state index in [4.69, 9.17) is 5.73 Å². The van der Waals surface area contributed by atoms with Gasteiger partial charge in [0.2, 0.25) is 0 Å². The molecule has 4 nitrogen and oxygen atoms in total. The van der Waals surface area contributed by atoms with Crippen molar-refractivity contribution in [2.75, 3.05) is 6.54 Å². The van der Waals surface area contributed by atoms with Crippen molar-refractivity contribution in [2.24, 2.45) is 5.73 Å². The van der Waals surface area contributed by atoms with Crippen molar-refractivity contribution in [3.63, 3.8) is 0 Å². The van der Waals surface area contributed by atoms with Gasteiger partial charge in [-0.1, -0.05) is 6.42 Å². The molecule has 96 valence electrons. The fourth-order valence-corrected chi connectivity index (χ4v) is 2.73. The van der Waals surface area contributed by atoms with Gasteiger partial charge in [-0.05, 0) is 26.7 Å². The number of hydrogen-bond acceptors (Lipinski definition) is 3. The average molecular weight is 236 g/mol. The predicted octanol–water partition coefficient (Wildman–Crippen LogP) is 1.60. The second kappa shape index (κ2) is 5.65. The molecule has 0 aliphatic carbocycles. The number of imidazole rings is 1. The molecule has 0 spiro atoms. The standard InChI is InChI=1S/C13H24N4/c1-11-4-3-5-12(2)17(11)9-13-8-16(7-6-14)10-15-13/h8,10-12H,3-7,9,14H2,1-2H3/t11-,12+. The van der Waals surface area contributed by atoms with Gasteiger partial charge in [0.25, 0.3) is 0 Å². The molecule has 17 heavy (non-hydrogen) atoms. The number of likely N-dealkylation sites (tertiary alicyclic amines) is 1. The molecule has 2 atom stereocenters. The van der Waals surface area contributed by atoms with Crippen LogP contribution in [0.25, 0.3) is 0 Å². The summed E-state index contributed by atoms with van der Waals surface area (Å²) in [6, 6.07) is 1.36. The van der Waals surface area contributed by atoms with Crippen molar-refractivity contribution in [3.8, 4) is 0 Å². The highest BCUT2D eigenvalue weighted by molar-refractivity contribution is 4.98. The lowest BCUT2D eigenvalue weighted by Crippen LogP contribution is -2.43. The van der Waals surface area contributed by atoms with Crippen LogP contribution in [0.1, 0.15) is 38.8 Å². The van der Waals surface area contributed by atoms with Gasteiger partial charge < -0.3 is 10.3 Å². The zero-order chi connectivity index (χ0) is 12.3. The maximum Gasteiger partial charge on any atom is 0.0950 e. The Kier molecular flexibility index (Phi) is 4.18. The van der Waals surface area contributed by atoms with Crippen LogP contribution in [0.15, 0.2) is 12.5 Å². The highest BCUT2D eigenvalue weighted by atomic mass is 15.2. The topological polar surface area (TPSA) is 47.1 Å². The van der Waals surface area contributed by atoms with Gasteiger partial charge in [0.15, 0.2) is 0 Å². The van der Waals surface area contributed by atoms with E-state index in [1.807, 2.05) is 6.33 Å². The monoisotopic (exact) mass is 236 g/mol. The van der Waals surface area contributed by atoms with Crippen LogP contribution in [0.4, 0.5) is 0 Å². The average Bonchev–Trinajstić information content (AvgIpc) is 2.72. The van der Waals surface area contributed by atoms with E-state index in [0.717, 1.165) is 13.1 Å². The van der Waals surface area contributed by atoms with Gasteiger partial charge in [0.1, 0.15) is 0 Å². The van der Waals surface area contributed by atoms with Crippen LogP contribution in [0, 0.1) is 0 Å². The number of hydrogen-bond donors (Lipinski definition) is 1. The van der Waals surface area contributed by atoms with Crippen LogP contribution >= 0.6 is 0 Å². The Bertz CT molecular complexity index is 337. The molecule has 1 aromatic heterocycles. The van der Waals surface area contributed by atoms with E-state index in [0.29, 0.717) is 18.6 Å². The largest absolute Gasteiger partial charge is 0.336 e. The normalized spacial score (nSPS) is 26.3. The second-order valence-electron chi connectivity index (χ2n) is 5.19. The van der Waals surface area contributed by atoms with Crippen LogP contribution in [0.5, 0.6) is 0 Å². The first kappa shape index (κ1) is 12.6. The van der Waals surface area contributed by atoms with Crippen molar-refractivity contribution in [1.82, 2.24) is 14.5 Å². The molecule has 1 fully saturated rings. The third-order valence-electron chi connectivity index (χ3n) is 3.79. The summed E-state index contributed by atoms with van der Waals surface area (Å²) in [6.45, 7) is 7.16. The van der Waals surface area contributed by atoms with Crippen LogP contribution in [0.2, 0.25) is 0 Å². The minimum absolute atomic E-state index is 0.673. The van der Waals surface area contributed by atoms with Gasteiger partial charge in [-0.2, -0.15) is 0 Å². The predicted molar refractivity (Wildman–Crippen MR) is 69.6 cm³/mol. The first-order chi connectivity index (χ1) is 8.20. The van der Waals surface area contributed by atoms with Gasteiger partial charge in [0.05, 0.1) is 12.0 Å². The fraction of sp³-hybridized carbons (Fsp3) is 0.769. The van der Waals surface area contributed by atoms with E-state index < -0.39 is 0 Å². The van der Waals surface area contributed by atoms with Gasteiger partial charge >= 0.3 is 0 Å². The Labute approximate surface area is 104 Å². The fourth-order valence-electron chi connectivity index (χ4n) is 2.73. The van der Waals surface area contributed by atoms with Gasteiger partial charge in [-0.3, -0.25) is 4.90 Å². The SMILES string of the molecule is C[C@@H]1CCC[C@H](C)N1Cc1cn(CCN)cn1. The lowest BCUT2D eigenvalue weighted by molar-refractivity contribution is 0.0939. The quantitative estimate of drug-likeness (QED) is 0.864. The Morgan fingerprint density at radius 1 is 1.35 bits per heavy atom. The molecule has 4 heteroatoms. The molecule has 1 aliphatic heterocycles.